The molecule has 2 aromatic rings. The molecule has 1 atom stereocenters. The van der Waals surface area contributed by atoms with E-state index in [-0.39, 0.29) is 18.4 Å². The van der Waals surface area contributed by atoms with Crippen LogP contribution >= 0.6 is 0 Å². The van der Waals surface area contributed by atoms with Crippen molar-refractivity contribution in [1.82, 2.24) is 4.90 Å². The third kappa shape index (κ3) is 5.42. The molecule has 0 saturated carbocycles. The second-order valence-corrected chi connectivity index (χ2v) is 7.45. The van der Waals surface area contributed by atoms with Crippen molar-refractivity contribution in [1.29, 1.82) is 0 Å². The van der Waals surface area contributed by atoms with E-state index in [0.29, 0.717) is 0 Å². The van der Waals surface area contributed by atoms with Crippen LogP contribution in [0.4, 0.5) is 0 Å². The average Bonchev–Trinajstić information content (AvgIpc) is 2.70. The van der Waals surface area contributed by atoms with Crippen LogP contribution in [0, 0.1) is 0 Å². The number of nitrogens with two attached hydrogens (primary N) is 1. The lowest BCUT2D eigenvalue weighted by Crippen LogP contribution is -2.58. The highest BCUT2D eigenvalue weighted by Gasteiger charge is 2.40. The Morgan fingerprint density at radius 3 is 2.03 bits per heavy atom. The first-order valence-corrected chi connectivity index (χ1v) is 9.28. The Balaban J connectivity index is 2.38. The molecule has 0 bridgehead atoms. The highest BCUT2D eigenvalue weighted by molar-refractivity contribution is 5.97. The molecule has 0 fully saturated rings. The van der Waals surface area contributed by atoms with Gasteiger partial charge in [-0.1, -0.05) is 42.5 Å². The van der Waals surface area contributed by atoms with Crippen molar-refractivity contribution in [3.8, 4) is 11.1 Å². The first-order valence-electron chi connectivity index (χ1n) is 9.28. The number of aliphatic carboxylic acids is 1. The van der Waals surface area contributed by atoms with Crippen LogP contribution in [-0.4, -0.2) is 51.1 Å². The zero-order chi connectivity index (χ0) is 21.6. The monoisotopic (exact) mass is 398 g/mol. The number of hydrogen-bond acceptors (Lipinski definition) is 4. The molecule has 0 aliphatic rings. The van der Waals surface area contributed by atoms with Gasteiger partial charge in [0.05, 0.1) is 12.1 Å². The number of benzene rings is 2. The number of primary amides is 1. The highest BCUT2D eigenvalue weighted by atomic mass is 16.4. The van der Waals surface area contributed by atoms with Crippen LogP contribution in [0.25, 0.3) is 11.1 Å². The lowest BCUT2D eigenvalue weighted by atomic mass is 9.96. The van der Waals surface area contributed by atoms with E-state index in [1.807, 2.05) is 30.3 Å². The van der Waals surface area contributed by atoms with Crippen LogP contribution in [0.15, 0.2) is 54.6 Å². The van der Waals surface area contributed by atoms with Crippen LogP contribution in [0.1, 0.15) is 37.0 Å². The molecule has 2 rings (SSSR count). The van der Waals surface area contributed by atoms with Gasteiger partial charge in [-0.2, -0.15) is 0 Å². The van der Waals surface area contributed by atoms with Gasteiger partial charge in [0.25, 0.3) is 5.91 Å². The van der Waals surface area contributed by atoms with Crippen molar-refractivity contribution in [3.63, 3.8) is 0 Å². The lowest BCUT2D eigenvalue weighted by molar-refractivity contribution is -0.145. The Morgan fingerprint density at radius 2 is 1.55 bits per heavy atom. The van der Waals surface area contributed by atoms with Gasteiger partial charge in [0.1, 0.15) is 6.04 Å². The maximum atomic E-state index is 13.2. The largest absolute Gasteiger partial charge is 0.480 e. The number of carboxylic acid groups (broad SMARTS) is 1. The van der Waals surface area contributed by atoms with Crippen molar-refractivity contribution in [3.05, 3.63) is 60.2 Å². The zero-order valence-electron chi connectivity index (χ0n) is 16.5. The van der Waals surface area contributed by atoms with E-state index in [4.69, 9.17) is 5.73 Å². The molecule has 154 valence electrons. The number of carbonyl (C=O) groups excluding carboxylic acids is 2. The van der Waals surface area contributed by atoms with Gasteiger partial charge in [0.2, 0.25) is 5.91 Å². The van der Waals surface area contributed by atoms with Gasteiger partial charge in [-0.15, -0.1) is 0 Å². The maximum Gasteiger partial charge on any atom is 0.326 e. The summed E-state index contributed by atoms with van der Waals surface area (Å²) >= 11 is 0. The maximum absolute atomic E-state index is 13.2. The summed E-state index contributed by atoms with van der Waals surface area (Å²) in [6.07, 6.45) is -0.322. The van der Waals surface area contributed by atoms with E-state index in [0.717, 1.165) is 16.0 Å². The quantitative estimate of drug-likeness (QED) is 0.598. The molecule has 0 radical (unpaired) electrons. The van der Waals surface area contributed by atoms with Crippen molar-refractivity contribution in [2.75, 3.05) is 6.61 Å². The van der Waals surface area contributed by atoms with E-state index in [9.17, 15) is 24.6 Å². The second-order valence-electron chi connectivity index (χ2n) is 7.45. The van der Waals surface area contributed by atoms with Crippen molar-refractivity contribution in [2.45, 2.75) is 38.3 Å². The predicted molar refractivity (Wildman–Crippen MR) is 109 cm³/mol. The standard InChI is InChI=1S/C22H26N2O5/c1-22(2,14-25)24(18(21(28)29)12-13-19(23)26)20(27)17-10-8-16(9-11-17)15-6-4-3-5-7-15/h3-11,18,25H,12-14H2,1-2H3,(H2,23,26)(H,28,29)/t18-/m0/s1. The Kier molecular flexibility index (Phi) is 7.12. The van der Waals surface area contributed by atoms with E-state index >= 15 is 0 Å². The molecule has 4 N–H and O–H groups in total. The van der Waals surface area contributed by atoms with E-state index in [1.165, 1.54) is 0 Å². The molecule has 7 heteroatoms. The molecular formula is C22H26N2O5. The summed E-state index contributed by atoms with van der Waals surface area (Å²) in [5.74, 6) is -2.46. The molecule has 0 heterocycles. The summed E-state index contributed by atoms with van der Waals surface area (Å²) in [4.78, 5) is 37.4. The fourth-order valence-corrected chi connectivity index (χ4v) is 3.13. The molecular weight excluding hydrogens is 372 g/mol. The van der Waals surface area contributed by atoms with E-state index in [2.05, 4.69) is 0 Å². The van der Waals surface area contributed by atoms with Crippen LogP contribution in [-0.2, 0) is 9.59 Å². The fourth-order valence-electron chi connectivity index (χ4n) is 3.13. The van der Waals surface area contributed by atoms with E-state index in [1.54, 1.807) is 38.1 Å². The van der Waals surface area contributed by atoms with Crippen LogP contribution in [0.5, 0.6) is 0 Å². The summed E-state index contributed by atoms with van der Waals surface area (Å²) in [7, 11) is 0. The number of aliphatic hydroxyl groups is 1. The van der Waals surface area contributed by atoms with Crippen molar-refractivity contribution in [2.24, 2.45) is 5.73 Å². The van der Waals surface area contributed by atoms with Gasteiger partial charge in [-0.3, -0.25) is 9.59 Å². The molecule has 0 aliphatic heterocycles. The third-order valence-corrected chi connectivity index (χ3v) is 4.76. The van der Waals surface area contributed by atoms with Crippen molar-refractivity contribution >= 4 is 17.8 Å². The molecule has 7 nitrogen and oxygen atoms in total. The molecule has 2 aromatic carbocycles. The fraction of sp³-hybridized carbons (Fsp3) is 0.318. The Bertz CT molecular complexity index is 863. The van der Waals surface area contributed by atoms with Gasteiger partial charge in [-0.25, -0.2) is 4.79 Å². The number of nitrogens with zero attached hydrogens (tertiary/aromatic N) is 1. The Morgan fingerprint density at radius 1 is 1.00 bits per heavy atom. The molecule has 0 aromatic heterocycles. The molecule has 0 aliphatic carbocycles. The molecule has 0 spiro atoms. The normalized spacial score (nSPS) is 12.2. The van der Waals surface area contributed by atoms with Gasteiger partial charge in [-0.05, 0) is 43.5 Å². The Labute approximate surface area is 169 Å². The molecule has 2 amide bonds. The van der Waals surface area contributed by atoms with Gasteiger partial charge in [0, 0.05) is 12.0 Å². The highest BCUT2D eigenvalue weighted by Crippen LogP contribution is 2.25. The van der Waals surface area contributed by atoms with Crippen LogP contribution in [0.3, 0.4) is 0 Å². The van der Waals surface area contributed by atoms with Gasteiger partial charge < -0.3 is 20.8 Å². The first kappa shape index (κ1) is 22.1. The summed E-state index contributed by atoms with van der Waals surface area (Å²) in [6.45, 7) is 2.70. The smallest absolute Gasteiger partial charge is 0.326 e. The number of hydrogen-bond donors (Lipinski definition) is 3. The lowest BCUT2D eigenvalue weighted by Gasteiger charge is -2.41. The van der Waals surface area contributed by atoms with Gasteiger partial charge >= 0.3 is 5.97 Å². The molecule has 0 unspecified atom stereocenters. The minimum absolute atomic E-state index is 0.137. The summed E-state index contributed by atoms with van der Waals surface area (Å²) in [6, 6.07) is 15.1. The number of aliphatic hydroxyl groups excluding tert-OH is 1. The SMILES string of the molecule is CC(C)(CO)N(C(=O)c1ccc(-c2ccccc2)cc1)[C@@H](CCC(N)=O)C(=O)O. The van der Waals surface area contributed by atoms with Crippen molar-refractivity contribution < 1.29 is 24.6 Å². The number of carboxylic acids is 1. The van der Waals surface area contributed by atoms with Gasteiger partial charge in [0.15, 0.2) is 0 Å². The first-order chi connectivity index (χ1) is 13.7. The number of rotatable bonds is 9. The van der Waals surface area contributed by atoms with Crippen LogP contribution < -0.4 is 5.73 Å². The summed E-state index contributed by atoms with van der Waals surface area (Å²) in [5.41, 5.74) is 6.19. The molecule has 0 saturated heterocycles. The summed E-state index contributed by atoms with van der Waals surface area (Å²) in [5, 5.41) is 19.5. The summed E-state index contributed by atoms with van der Waals surface area (Å²) < 4.78 is 0. The van der Waals surface area contributed by atoms with E-state index < -0.39 is 36.0 Å². The third-order valence-electron chi connectivity index (χ3n) is 4.76. The minimum Gasteiger partial charge on any atom is -0.480 e. The van der Waals surface area contributed by atoms with Crippen LogP contribution in [0.2, 0.25) is 0 Å². The molecule has 29 heavy (non-hydrogen) atoms. The predicted octanol–water partition coefficient (Wildman–Crippen LogP) is 2.29. The minimum atomic E-state index is -1.30. The topological polar surface area (TPSA) is 121 Å². The second kappa shape index (κ2) is 9.34. The number of carbonyl (C=O) groups is 3. The Hall–Kier alpha value is -3.19. The average molecular weight is 398 g/mol. The number of amides is 2. The zero-order valence-corrected chi connectivity index (χ0v) is 16.5.